The van der Waals surface area contributed by atoms with Crippen molar-refractivity contribution in [1.29, 1.82) is 0 Å². The molecule has 1 N–H and O–H groups in total. The molecule has 2 rings (SSSR count). The number of hydrogen-bond donors (Lipinski definition) is 1. The van der Waals surface area contributed by atoms with Crippen LogP contribution in [-0.4, -0.2) is 38.2 Å². The Morgan fingerprint density at radius 3 is 2.24 bits per heavy atom. The predicted molar refractivity (Wildman–Crippen MR) is 113 cm³/mol. The zero-order valence-corrected chi connectivity index (χ0v) is 18.9. The highest BCUT2D eigenvalue weighted by molar-refractivity contribution is 7.89. The molecule has 0 bridgehead atoms. The summed E-state index contributed by atoms with van der Waals surface area (Å²) >= 11 is 0. The fraction of sp³-hybridized carbons (Fsp3) is 0.333. The standard InChI is InChI=1S/C21H21F3N2O7S/c1-13(25-34(31,32)19-6-4-3-5-17(19)26(29)30)18(27)12-15(20(28)33-2)11-14-7-9-16(10-8-14)21(22,23)24/h3-10,13,15,25H,11-12H2,1-2H3/t13-,15+/m0/s1. The van der Waals surface area contributed by atoms with Crippen molar-refractivity contribution in [2.24, 2.45) is 5.92 Å². The molecular weight excluding hydrogens is 481 g/mol. The summed E-state index contributed by atoms with van der Waals surface area (Å²) in [6.07, 6.45) is -5.13. The summed E-state index contributed by atoms with van der Waals surface area (Å²) in [6.45, 7) is 1.21. The van der Waals surface area contributed by atoms with E-state index in [1.165, 1.54) is 31.2 Å². The summed E-state index contributed by atoms with van der Waals surface area (Å²) in [4.78, 5) is 34.4. The number of nitro groups is 1. The van der Waals surface area contributed by atoms with Gasteiger partial charge in [0.15, 0.2) is 10.7 Å². The van der Waals surface area contributed by atoms with Crippen molar-refractivity contribution in [1.82, 2.24) is 4.72 Å². The lowest BCUT2D eigenvalue weighted by atomic mass is 9.92. The normalized spacial score (nSPS) is 13.7. The number of benzene rings is 2. The molecule has 0 fully saturated rings. The molecule has 2 aromatic rings. The second-order valence-corrected chi connectivity index (χ2v) is 9.04. The van der Waals surface area contributed by atoms with Crippen LogP contribution in [0.3, 0.4) is 0 Å². The number of esters is 1. The van der Waals surface area contributed by atoms with Crippen LogP contribution >= 0.6 is 0 Å². The van der Waals surface area contributed by atoms with Gasteiger partial charge in [-0.25, -0.2) is 13.1 Å². The van der Waals surface area contributed by atoms with Crippen LogP contribution in [0.4, 0.5) is 18.9 Å². The first-order chi connectivity index (χ1) is 15.8. The van der Waals surface area contributed by atoms with Gasteiger partial charge in [0.05, 0.1) is 29.6 Å². The second-order valence-electron chi connectivity index (χ2n) is 7.36. The SMILES string of the molecule is COC(=O)[C@@H](CC(=O)[C@H](C)NS(=O)(=O)c1ccccc1[N+](=O)[O-])Cc1ccc(C(F)(F)F)cc1. The van der Waals surface area contributed by atoms with Crippen LogP contribution in [0.5, 0.6) is 0 Å². The molecule has 0 aliphatic carbocycles. The molecule has 0 unspecified atom stereocenters. The number of ether oxygens (including phenoxy) is 1. The second kappa shape index (κ2) is 10.7. The molecule has 0 aliphatic rings. The number of halogens is 3. The minimum Gasteiger partial charge on any atom is -0.469 e. The van der Waals surface area contributed by atoms with E-state index in [-0.39, 0.29) is 6.42 Å². The van der Waals surface area contributed by atoms with Gasteiger partial charge in [0.1, 0.15) is 0 Å². The monoisotopic (exact) mass is 502 g/mol. The number of carbonyl (C=O) groups excluding carboxylic acids is 2. The number of rotatable bonds is 10. The minimum absolute atomic E-state index is 0.125. The summed E-state index contributed by atoms with van der Waals surface area (Å²) in [7, 11) is -3.38. The largest absolute Gasteiger partial charge is 0.469 e. The molecule has 0 saturated carbocycles. The van der Waals surface area contributed by atoms with Crippen LogP contribution < -0.4 is 4.72 Å². The molecule has 0 amide bonds. The Morgan fingerprint density at radius 1 is 1.12 bits per heavy atom. The van der Waals surface area contributed by atoms with Crippen molar-refractivity contribution in [3.8, 4) is 0 Å². The van der Waals surface area contributed by atoms with Crippen LogP contribution in [-0.2, 0) is 36.9 Å². The molecule has 0 saturated heterocycles. The lowest BCUT2D eigenvalue weighted by molar-refractivity contribution is -0.387. The van der Waals surface area contributed by atoms with Crippen LogP contribution in [0.2, 0.25) is 0 Å². The van der Waals surface area contributed by atoms with E-state index in [4.69, 9.17) is 0 Å². The Morgan fingerprint density at radius 2 is 1.71 bits per heavy atom. The van der Waals surface area contributed by atoms with E-state index in [0.717, 1.165) is 31.4 Å². The Hall–Kier alpha value is -3.32. The highest BCUT2D eigenvalue weighted by atomic mass is 32.2. The van der Waals surface area contributed by atoms with Crippen molar-refractivity contribution >= 4 is 27.5 Å². The molecule has 9 nitrogen and oxygen atoms in total. The highest BCUT2D eigenvalue weighted by Gasteiger charge is 2.32. The average molecular weight is 502 g/mol. The number of nitrogens with zero attached hydrogens (tertiary/aromatic N) is 1. The van der Waals surface area contributed by atoms with Gasteiger partial charge in [-0.2, -0.15) is 13.2 Å². The first kappa shape index (κ1) is 26.9. The number of methoxy groups -OCH3 is 1. The molecule has 0 spiro atoms. The number of alkyl halides is 3. The molecule has 13 heteroatoms. The first-order valence-corrected chi connectivity index (χ1v) is 11.3. The Balaban J connectivity index is 2.16. The quantitative estimate of drug-likeness (QED) is 0.300. The van der Waals surface area contributed by atoms with Gasteiger partial charge in [-0.15, -0.1) is 0 Å². The summed E-state index contributed by atoms with van der Waals surface area (Å²) in [5, 5.41) is 11.1. The molecule has 184 valence electrons. The number of para-hydroxylation sites is 1. The summed E-state index contributed by atoms with van der Waals surface area (Å²) < 4.78 is 70.2. The molecule has 2 atom stereocenters. The van der Waals surface area contributed by atoms with Crippen LogP contribution in [0, 0.1) is 16.0 Å². The Kier molecular flexibility index (Phi) is 8.51. The van der Waals surface area contributed by atoms with Gasteiger partial charge in [0.2, 0.25) is 10.0 Å². The fourth-order valence-corrected chi connectivity index (χ4v) is 4.54. The maximum absolute atomic E-state index is 12.7. The molecule has 34 heavy (non-hydrogen) atoms. The molecule has 2 aromatic carbocycles. The number of carbonyl (C=O) groups is 2. The van der Waals surface area contributed by atoms with Crippen molar-refractivity contribution in [3.05, 3.63) is 69.8 Å². The van der Waals surface area contributed by atoms with Crippen molar-refractivity contribution in [2.45, 2.75) is 36.9 Å². The zero-order chi connectivity index (χ0) is 25.7. The number of nitrogens with one attached hydrogen (secondary N) is 1. The molecule has 0 heterocycles. The smallest absolute Gasteiger partial charge is 0.416 e. The van der Waals surface area contributed by atoms with Gasteiger partial charge < -0.3 is 4.74 Å². The predicted octanol–water partition coefficient (Wildman–Crippen LogP) is 3.27. The third kappa shape index (κ3) is 6.84. The summed E-state index contributed by atoms with van der Waals surface area (Å²) in [5.74, 6) is -2.61. The Labute approximate surface area is 193 Å². The van der Waals surface area contributed by atoms with E-state index in [9.17, 15) is 41.3 Å². The van der Waals surface area contributed by atoms with Gasteiger partial charge in [-0.1, -0.05) is 24.3 Å². The van der Waals surface area contributed by atoms with Gasteiger partial charge in [-0.3, -0.25) is 19.7 Å². The van der Waals surface area contributed by atoms with Gasteiger partial charge >= 0.3 is 12.1 Å². The van der Waals surface area contributed by atoms with Crippen LogP contribution in [0.1, 0.15) is 24.5 Å². The molecular formula is C21H21F3N2O7S. The van der Waals surface area contributed by atoms with Crippen LogP contribution in [0.15, 0.2) is 53.4 Å². The number of sulfonamides is 1. The first-order valence-electron chi connectivity index (χ1n) is 9.78. The van der Waals surface area contributed by atoms with E-state index in [2.05, 4.69) is 9.46 Å². The van der Waals surface area contributed by atoms with Crippen molar-refractivity contribution < 1.29 is 40.8 Å². The lowest BCUT2D eigenvalue weighted by Gasteiger charge is -2.18. The highest BCUT2D eigenvalue weighted by Crippen LogP contribution is 2.29. The number of ketones is 1. The maximum atomic E-state index is 12.7. The number of hydrogen-bond acceptors (Lipinski definition) is 7. The maximum Gasteiger partial charge on any atom is 0.416 e. The fourth-order valence-electron chi connectivity index (χ4n) is 3.14. The van der Waals surface area contributed by atoms with Gasteiger partial charge in [0.25, 0.3) is 5.69 Å². The van der Waals surface area contributed by atoms with Crippen LogP contribution in [0.25, 0.3) is 0 Å². The Bertz CT molecular complexity index is 1170. The van der Waals surface area contributed by atoms with E-state index >= 15 is 0 Å². The van der Waals surface area contributed by atoms with E-state index in [0.29, 0.717) is 5.56 Å². The van der Waals surface area contributed by atoms with E-state index in [1.54, 1.807) is 0 Å². The molecule has 0 aromatic heterocycles. The summed E-state index contributed by atoms with van der Waals surface area (Å²) in [6, 6.07) is 7.25. The molecule has 0 aliphatic heterocycles. The number of nitro benzene ring substituents is 1. The third-order valence-corrected chi connectivity index (χ3v) is 6.50. The van der Waals surface area contributed by atoms with E-state index < -0.39 is 67.4 Å². The van der Waals surface area contributed by atoms with Gasteiger partial charge in [0, 0.05) is 12.5 Å². The average Bonchev–Trinajstić information content (AvgIpc) is 2.77. The van der Waals surface area contributed by atoms with Crippen molar-refractivity contribution in [2.75, 3.05) is 7.11 Å². The third-order valence-electron chi connectivity index (χ3n) is 4.91. The molecule has 0 radical (unpaired) electrons. The summed E-state index contributed by atoms with van der Waals surface area (Å²) in [5.41, 5.74) is -1.21. The van der Waals surface area contributed by atoms with Crippen molar-refractivity contribution in [3.63, 3.8) is 0 Å². The lowest BCUT2D eigenvalue weighted by Crippen LogP contribution is -2.40. The van der Waals surface area contributed by atoms with E-state index in [1.807, 2.05) is 0 Å². The zero-order valence-electron chi connectivity index (χ0n) is 18.0. The minimum atomic E-state index is -4.53. The topological polar surface area (TPSA) is 133 Å². The number of Topliss-reactive ketones (excluding diaryl/α,β-unsaturated/α-hetero) is 1. The van der Waals surface area contributed by atoms with Gasteiger partial charge in [-0.05, 0) is 37.1 Å².